The van der Waals surface area contributed by atoms with Crippen molar-refractivity contribution in [2.45, 2.75) is 101 Å². The van der Waals surface area contributed by atoms with Gasteiger partial charge in [0.05, 0.1) is 0 Å². The molecule has 0 amide bonds. The lowest BCUT2D eigenvalue weighted by Gasteiger charge is -2.33. The minimum atomic E-state index is 0.599. The van der Waals surface area contributed by atoms with Gasteiger partial charge >= 0.3 is 0 Å². The van der Waals surface area contributed by atoms with E-state index in [4.69, 9.17) is 0 Å². The largest absolute Gasteiger partial charge is 0.298 e. The number of hydrazone groups is 1. The summed E-state index contributed by atoms with van der Waals surface area (Å²) in [4.78, 5) is 2.58. The fourth-order valence-electron chi connectivity index (χ4n) is 2.30. The molecule has 1 unspecified atom stereocenters. The molecule has 0 saturated carbocycles. The van der Waals surface area contributed by atoms with E-state index in [2.05, 4.69) is 57.4 Å². The molecule has 0 N–H and O–H groups in total. The lowest BCUT2D eigenvalue weighted by atomic mass is 10.0. The molecule has 0 spiro atoms. The summed E-state index contributed by atoms with van der Waals surface area (Å²) < 4.78 is 0. The summed E-state index contributed by atoms with van der Waals surface area (Å²) in [6.45, 7) is 28.1. The molecule has 0 bridgehead atoms. The molecule has 0 aliphatic heterocycles. The Balaban J connectivity index is -0.000000297. The summed E-state index contributed by atoms with van der Waals surface area (Å²) in [6.07, 6.45) is 6.45. The van der Waals surface area contributed by atoms with E-state index in [9.17, 15) is 0 Å². The molecule has 148 valence electrons. The Hall–Kier alpha value is -0.830. The molecule has 3 heteroatoms. The van der Waals surface area contributed by atoms with Crippen molar-refractivity contribution in [2.75, 3.05) is 13.6 Å². The second-order valence-electron chi connectivity index (χ2n) is 5.70. The molecule has 0 saturated heterocycles. The van der Waals surface area contributed by atoms with Gasteiger partial charge < -0.3 is 0 Å². The van der Waals surface area contributed by atoms with E-state index in [0.29, 0.717) is 12.1 Å². The highest BCUT2D eigenvalue weighted by Crippen LogP contribution is 2.14. The highest BCUT2D eigenvalue weighted by molar-refractivity contribution is 5.22. The summed E-state index contributed by atoms with van der Waals surface area (Å²) in [6, 6.07) is 1.25. The molecule has 0 aliphatic carbocycles. The third-order valence-electron chi connectivity index (χ3n) is 3.14. The predicted octanol–water partition coefficient (Wildman–Crippen LogP) is 6.66. The van der Waals surface area contributed by atoms with Gasteiger partial charge in [-0.2, -0.15) is 5.10 Å². The zero-order chi connectivity index (χ0) is 20.1. The monoisotopic (exact) mass is 343 g/mol. The molecule has 0 radical (unpaired) electrons. The van der Waals surface area contributed by atoms with Crippen LogP contribution in [0.5, 0.6) is 0 Å². The molecule has 0 heterocycles. The molecule has 24 heavy (non-hydrogen) atoms. The smallest absolute Gasteiger partial charge is 0.0296 e. The van der Waals surface area contributed by atoms with E-state index in [1.165, 1.54) is 6.42 Å². The van der Waals surface area contributed by atoms with Crippen molar-refractivity contribution in [3.8, 4) is 0 Å². The molecule has 0 rings (SSSR count). The van der Waals surface area contributed by atoms with E-state index < -0.39 is 0 Å². The first-order chi connectivity index (χ1) is 11.4. The van der Waals surface area contributed by atoms with Crippen LogP contribution in [0.15, 0.2) is 17.4 Å². The average molecular weight is 344 g/mol. The highest BCUT2D eigenvalue weighted by atomic mass is 15.4. The Morgan fingerprint density at radius 1 is 0.917 bits per heavy atom. The predicted molar refractivity (Wildman–Crippen MR) is 116 cm³/mol. The first-order valence-corrected chi connectivity index (χ1v) is 10.00. The maximum atomic E-state index is 3.80. The van der Waals surface area contributed by atoms with Crippen LogP contribution in [0.1, 0.15) is 89.0 Å². The van der Waals surface area contributed by atoms with Crippen LogP contribution in [0.2, 0.25) is 0 Å². The standard InChI is InChI=1S/C15H31N3.3C2H6/c1-13(2)12-15(5)18(14(3)4)11-9-8-10-17(7)16-6;3*1-2/h8,10,13-15H,6,9,11-12H2,1-5,7H3;3*1-2H3/b10-8+;;;. The van der Waals surface area contributed by atoms with E-state index in [1.807, 2.05) is 54.8 Å². The first-order valence-electron chi connectivity index (χ1n) is 10.00. The van der Waals surface area contributed by atoms with Crippen LogP contribution >= 0.6 is 0 Å². The van der Waals surface area contributed by atoms with Gasteiger partial charge in [0.25, 0.3) is 0 Å². The van der Waals surface area contributed by atoms with E-state index in [1.54, 1.807) is 5.01 Å². The fraction of sp³-hybridized carbons (Fsp3) is 0.857. The molecule has 3 nitrogen and oxygen atoms in total. The summed E-state index contributed by atoms with van der Waals surface area (Å²) in [5.74, 6) is 0.757. The normalized spacial score (nSPS) is 11.1. The van der Waals surface area contributed by atoms with E-state index in [0.717, 1.165) is 18.9 Å². The number of hydrogen-bond donors (Lipinski definition) is 0. The van der Waals surface area contributed by atoms with E-state index >= 15 is 0 Å². The average Bonchev–Trinajstić information content (AvgIpc) is 2.58. The van der Waals surface area contributed by atoms with Gasteiger partial charge in [-0.1, -0.05) is 61.5 Å². The molecule has 0 aromatic rings. The summed E-state index contributed by atoms with van der Waals surface area (Å²) in [7, 11) is 1.89. The van der Waals surface area contributed by atoms with Crippen molar-refractivity contribution in [3.63, 3.8) is 0 Å². The van der Waals surface area contributed by atoms with Crippen molar-refractivity contribution < 1.29 is 0 Å². The SMILES string of the molecule is C=NN(C)/C=C/CCN(C(C)C)C(C)CC(C)C.CC.CC.CC. The van der Waals surface area contributed by atoms with Gasteiger partial charge in [0.1, 0.15) is 0 Å². The zero-order valence-electron chi connectivity index (χ0n) is 19.1. The van der Waals surface area contributed by atoms with Gasteiger partial charge in [0, 0.05) is 38.6 Å². The minimum Gasteiger partial charge on any atom is -0.298 e. The number of nitrogens with zero attached hydrogens (tertiary/aromatic N) is 3. The first kappa shape index (κ1) is 31.0. The Morgan fingerprint density at radius 2 is 1.38 bits per heavy atom. The van der Waals surface area contributed by atoms with Gasteiger partial charge in [-0.3, -0.25) is 9.91 Å². The van der Waals surface area contributed by atoms with Gasteiger partial charge in [-0.25, -0.2) is 0 Å². The second kappa shape index (κ2) is 24.4. The van der Waals surface area contributed by atoms with E-state index in [-0.39, 0.29) is 0 Å². The topological polar surface area (TPSA) is 18.8 Å². The lowest BCUT2D eigenvalue weighted by Crippen LogP contribution is -2.40. The minimum absolute atomic E-state index is 0.599. The highest BCUT2D eigenvalue weighted by Gasteiger charge is 2.16. The Labute approximate surface area is 155 Å². The van der Waals surface area contributed by atoms with Crippen molar-refractivity contribution in [1.82, 2.24) is 9.91 Å². The van der Waals surface area contributed by atoms with Crippen LogP contribution in [0, 0.1) is 5.92 Å². The Bertz CT molecular complexity index is 247. The summed E-state index contributed by atoms with van der Waals surface area (Å²) >= 11 is 0. The van der Waals surface area contributed by atoms with Crippen LogP contribution in [-0.2, 0) is 0 Å². The molecular weight excluding hydrogens is 294 g/mol. The Morgan fingerprint density at radius 3 is 1.71 bits per heavy atom. The third-order valence-corrected chi connectivity index (χ3v) is 3.14. The van der Waals surface area contributed by atoms with Crippen molar-refractivity contribution >= 4 is 6.72 Å². The van der Waals surface area contributed by atoms with Crippen LogP contribution in [-0.4, -0.2) is 42.3 Å². The lowest BCUT2D eigenvalue weighted by molar-refractivity contribution is 0.149. The van der Waals surface area contributed by atoms with Crippen LogP contribution in [0.4, 0.5) is 0 Å². The summed E-state index contributed by atoms with van der Waals surface area (Å²) in [5, 5.41) is 5.53. The number of hydrogen-bond acceptors (Lipinski definition) is 3. The molecule has 0 aromatic carbocycles. The summed E-state index contributed by atoms with van der Waals surface area (Å²) in [5.41, 5.74) is 0. The number of rotatable bonds is 9. The molecule has 0 aliphatic rings. The third kappa shape index (κ3) is 21.2. The fourth-order valence-corrected chi connectivity index (χ4v) is 2.30. The van der Waals surface area contributed by atoms with Crippen molar-refractivity contribution in [2.24, 2.45) is 11.0 Å². The Kier molecular flexibility index (Phi) is 31.5. The second-order valence-corrected chi connectivity index (χ2v) is 5.70. The molecule has 0 aromatic heterocycles. The van der Waals surface area contributed by atoms with Crippen molar-refractivity contribution in [1.29, 1.82) is 0 Å². The van der Waals surface area contributed by atoms with Gasteiger partial charge in [0.15, 0.2) is 0 Å². The van der Waals surface area contributed by atoms with Crippen LogP contribution < -0.4 is 0 Å². The molecular formula is C21H49N3. The van der Waals surface area contributed by atoms with Crippen LogP contribution in [0.3, 0.4) is 0 Å². The van der Waals surface area contributed by atoms with Gasteiger partial charge in [0.2, 0.25) is 0 Å². The van der Waals surface area contributed by atoms with Gasteiger partial charge in [-0.15, -0.1) is 0 Å². The molecule has 1 atom stereocenters. The van der Waals surface area contributed by atoms with Crippen LogP contribution in [0.25, 0.3) is 0 Å². The zero-order valence-corrected chi connectivity index (χ0v) is 19.1. The quantitative estimate of drug-likeness (QED) is 0.344. The van der Waals surface area contributed by atoms with Crippen molar-refractivity contribution in [3.05, 3.63) is 12.3 Å². The maximum Gasteiger partial charge on any atom is 0.0296 e. The molecule has 0 fully saturated rings. The van der Waals surface area contributed by atoms with Gasteiger partial charge in [-0.05, 0) is 39.5 Å². The maximum absolute atomic E-state index is 3.80.